The quantitative estimate of drug-likeness (QED) is 0.198. The van der Waals surface area contributed by atoms with Crippen LogP contribution in [-0.2, 0) is 17.7 Å². The number of benzene rings is 2. The molecule has 2 aromatic carbocycles. The molecular weight excluding hydrogens is 542 g/mol. The predicted molar refractivity (Wildman–Crippen MR) is 163 cm³/mol. The number of aryl methyl sites for hydroxylation is 1. The smallest absolute Gasteiger partial charge is 0.420 e. The molecule has 0 fully saturated rings. The first-order valence-corrected chi connectivity index (χ1v) is 14.7. The highest BCUT2D eigenvalue weighted by Gasteiger charge is 2.34. The molecule has 43 heavy (non-hydrogen) atoms. The Morgan fingerprint density at radius 2 is 1.72 bits per heavy atom. The van der Waals surface area contributed by atoms with Crippen LogP contribution in [0.3, 0.4) is 0 Å². The van der Waals surface area contributed by atoms with E-state index >= 15 is 0 Å². The van der Waals surface area contributed by atoms with E-state index in [1.165, 1.54) is 10.5 Å². The number of pyridine rings is 1. The van der Waals surface area contributed by atoms with Gasteiger partial charge >= 0.3 is 6.09 Å². The maximum Gasteiger partial charge on any atom is 0.420 e. The highest BCUT2D eigenvalue weighted by atomic mass is 16.6. The van der Waals surface area contributed by atoms with Crippen LogP contribution in [-0.4, -0.2) is 60.9 Å². The maximum absolute atomic E-state index is 13.5. The molecular formula is C34H35N5O4. The minimum absolute atomic E-state index is 0.000745. The summed E-state index contributed by atoms with van der Waals surface area (Å²) in [5.41, 5.74) is 3.86. The number of amides is 2. The number of fused-ring (bicyclic) bond motifs is 3. The van der Waals surface area contributed by atoms with Crippen LogP contribution in [0.15, 0.2) is 79.0 Å². The van der Waals surface area contributed by atoms with Crippen molar-refractivity contribution in [2.75, 3.05) is 13.1 Å². The first-order chi connectivity index (χ1) is 20.7. The van der Waals surface area contributed by atoms with Gasteiger partial charge < -0.3 is 4.74 Å². The topological polar surface area (TPSA) is 97.6 Å². The number of carbonyl (C=O) groups is 3. The molecule has 6 rings (SSSR count). The fourth-order valence-electron chi connectivity index (χ4n) is 5.91. The van der Waals surface area contributed by atoms with E-state index < -0.39 is 11.7 Å². The Labute approximate surface area is 250 Å². The number of aromatic nitrogens is 3. The van der Waals surface area contributed by atoms with Crippen LogP contribution >= 0.6 is 0 Å². The molecule has 1 aliphatic heterocycles. The van der Waals surface area contributed by atoms with Crippen molar-refractivity contribution in [1.29, 1.82) is 0 Å². The van der Waals surface area contributed by atoms with E-state index in [1.54, 1.807) is 28.8 Å². The number of rotatable bonds is 7. The highest BCUT2D eigenvalue weighted by Crippen LogP contribution is 2.34. The van der Waals surface area contributed by atoms with Gasteiger partial charge in [-0.05, 0) is 75.9 Å². The first-order valence-electron chi connectivity index (χ1n) is 14.7. The summed E-state index contributed by atoms with van der Waals surface area (Å²) in [5, 5.41) is 0. The van der Waals surface area contributed by atoms with Crippen molar-refractivity contribution < 1.29 is 19.1 Å². The number of imidazole rings is 1. The Kier molecular flexibility index (Phi) is 7.66. The summed E-state index contributed by atoms with van der Waals surface area (Å²) in [6.45, 7) is 6.59. The summed E-state index contributed by atoms with van der Waals surface area (Å²) >= 11 is 0. The minimum atomic E-state index is -0.668. The third-order valence-corrected chi connectivity index (χ3v) is 7.83. The van der Waals surface area contributed by atoms with Crippen molar-refractivity contribution in [2.24, 2.45) is 0 Å². The molecule has 4 aromatic rings. The molecule has 0 spiro atoms. The predicted octanol–water partition coefficient (Wildman–Crippen LogP) is 5.95. The van der Waals surface area contributed by atoms with Crippen LogP contribution in [0.5, 0.6) is 0 Å². The van der Waals surface area contributed by atoms with E-state index in [0.29, 0.717) is 41.1 Å². The maximum atomic E-state index is 13.5. The second kappa shape index (κ2) is 11.6. The van der Waals surface area contributed by atoms with Gasteiger partial charge in [0.2, 0.25) is 0 Å². The fraction of sp³-hybridized carbons (Fsp3) is 0.324. The summed E-state index contributed by atoms with van der Waals surface area (Å²) in [7, 11) is 0. The van der Waals surface area contributed by atoms with E-state index in [2.05, 4.69) is 11.0 Å². The van der Waals surface area contributed by atoms with Crippen molar-refractivity contribution in [3.05, 3.63) is 107 Å². The first kappa shape index (κ1) is 28.5. The standard InChI is InChI=1S/C34H35N5O4/c1-34(2,3)43-33(42)39-27-17-7-6-16-26(27)36-29(39)22-37(28-18-10-12-23-13-11-19-35-30(23)28)20-8-9-21-38-31(40)24-14-4-5-15-25(24)32(38)41/h4-9,11,13-17,19,28H,10,12,18,20-22H2,1-3H3/b9-8-. The van der Waals surface area contributed by atoms with Crippen molar-refractivity contribution in [3.8, 4) is 0 Å². The summed E-state index contributed by atoms with van der Waals surface area (Å²) in [5.74, 6) is 0.0180. The third-order valence-electron chi connectivity index (χ3n) is 7.83. The Hall–Kier alpha value is -4.63. The Bertz CT molecular complexity index is 1700. The van der Waals surface area contributed by atoms with Crippen LogP contribution in [0.4, 0.5) is 4.79 Å². The van der Waals surface area contributed by atoms with E-state index in [9.17, 15) is 14.4 Å². The minimum Gasteiger partial charge on any atom is -0.443 e. The third kappa shape index (κ3) is 5.72. The average Bonchev–Trinajstić information content (AvgIpc) is 3.47. The van der Waals surface area contributed by atoms with Gasteiger partial charge in [-0.15, -0.1) is 0 Å². The molecule has 1 atom stereocenters. The monoisotopic (exact) mass is 577 g/mol. The summed E-state index contributed by atoms with van der Waals surface area (Å²) in [6.07, 6.45) is 8.07. The highest BCUT2D eigenvalue weighted by molar-refractivity contribution is 6.21. The number of imide groups is 1. The van der Waals surface area contributed by atoms with Gasteiger partial charge in [-0.2, -0.15) is 0 Å². The van der Waals surface area contributed by atoms with Gasteiger partial charge in [0.1, 0.15) is 11.4 Å². The second-order valence-corrected chi connectivity index (χ2v) is 12.0. The number of hydrogen-bond donors (Lipinski definition) is 0. The molecule has 9 heteroatoms. The van der Waals surface area contributed by atoms with Gasteiger partial charge in [0, 0.05) is 19.3 Å². The Morgan fingerprint density at radius 3 is 2.47 bits per heavy atom. The normalized spacial score (nSPS) is 16.7. The van der Waals surface area contributed by atoms with Crippen molar-refractivity contribution >= 4 is 28.9 Å². The zero-order valence-corrected chi connectivity index (χ0v) is 24.7. The lowest BCUT2D eigenvalue weighted by molar-refractivity contribution is 0.0531. The van der Waals surface area contributed by atoms with Gasteiger partial charge in [0.05, 0.1) is 40.4 Å². The van der Waals surface area contributed by atoms with E-state index in [4.69, 9.17) is 14.7 Å². The molecule has 3 heterocycles. The lowest BCUT2D eigenvalue weighted by atomic mass is 9.90. The molecule has 0 saturated heterocycles. The molecule has 9 nitrogen and oxygen atoms in total. The summed E-state index contributed by atoms with van der Waals surface area (Å²) in [6, 6.07) is 18.6. The molecule has 0 radical (unpaired) electrons. The summed E-state index contributed by atoms with van der Waals surface area (Å²) in [4.78, 5) is 52.3. The molecule has 0 saturated carbocycles. The molecule has 0 bridgehead atoms. The Morgan fingerprint density at radius 1 is 1.00 bits per heavy atom. The van der Waals surface area contributed by atoms with Crippen molar-refractivity contribution in [3.63, 3.8) is 0 Å². The largest absolute Gasteiger partial charge is 0.443 e. The molecule has 220 valence electrons. The number of hydrogen-bond acceptors (Lipinski definition) is 7. The molecule has 0 N–H and O–H groups in total. The lowest BCUT2D eigenvalue weighted by Crippen LogP contribution is -2.34. The molecule has 2 amide bonds. The molecule has 2 aromatic heterocycles. The van der Waals surface area contributed by atoms with Gasteiger partial charge in [-0.1, -0.05) is 42.5 Å². The molecule has 1 unspecified atom stereocenters. The van der Waals surface area contributed by atoms with Crippen LogP contribution in [0, 0.1) is 0 Å². The second-order valence-electron chi connectivity index (χ2n) is 12.0. The van der Waals surface area contributed by atoms with Crippen molar-refractivity contribution in [1.82, 2.24) is 24.3 Å². The average molecular weight is 578 g/mol. The van der Waals surface area contributed by atoms with Gasteiger partial charge in [0.15, 0.2) is 0 Å². The van der Waals surface area contributed by atoms with Gasteiger partial charge in [-0.3, -0.25) is 24.4 Å². The van der Waals surface area contributed by atoms with Crippen LogP contribution in [0.2, 0.25) is 0 Å². The number of carbonyl (C=O) groups excluding carboxylic acids is 3. The zero-order valence-electron chi connectivity index (χ0n) is 24.7. The Balaban J connectivity index is 1.30. The van der Waals surface area contributed by atoms with E-state index in [1.807, 2.05) is 69.5 Å². The SMILES string of the molecule is CC(C)(C)OC(=O)n1c(CN(C/C=C\CN2C(=O)c3ccccc3C2=O)C2CCCc3cccnc32)nc2ccccc21. The summed E-state index contributed by atoms with van der Waals surface area (Å²) < 4.78 is 7.35. The van der Waals surface area contributed by atoms with E-state index in [-0.39, 0.29) is 24.4 Å². The number of para-hydroxylation sites is 2. The van der Waals surface area contributed by atoms with Crippen LogP contribution < -0.4 is 0 Å². The van der Waals surface area contributed by atoms with Crippen LogP contribution in [0.25, 0.3) is 11.0 Å². The van der Waals surface area contributed by atoms with Crippen LogP contribution in [0.1, 0.15) is 77.5 Å². The lowest BCUT2D eigenvalue weighted by Gasteiger charge is -2.34. The van der Waals surface area contributed by atoms with Gasteiger partial charge in [-0.25, -0.2) is 14.3 Å². The van der Waals surface area contributed by atoms with Crippen molar-refractivity contribution in [2.45, 2.75) is 58.2 Å². The number of ether oxygens (including phenoxy) is 1. The van der Waals surface area contributed by atoms with Gasteiger partial charge in [0.25, 0.3) is 11.8 Å². The number of nitrogens with zero attached hydrogens (tertiary/aromatic N) is 5. The molecule has 1 aliphatic carbocycles. The molecule has 2 aliphatic rings. The zero-order chi connectivity index (χ0) is 30.1. The van der Waals surface area contributed by atoms with E-state index in [0.717, 1.165) is 25.0 Å². The fourth-order valence-corrected chi connectivity index (χ4v) is 5.91.